The van der Waals surface area contributed by atoms with Crippen molar-refractivity contribution in [3.63, 3.8) is 0 Å². The standard InChI is InChI=1S/C22H21FN6O3S/c1-31-17-10-14(16(23)11-18(17)32-2)15(9-12-3-5-13(6-4-12)19(24)25)20-27-21(30)29(28-20)22-26-7-8-33-22/h3-8,10-11,15H,9H2,1-2H3,(H3,24,25)(H,27,28,30). The highest BCUT2D eigenvalue weighted by Gasteiger charge is 2.26. The number of amidine groups is 1. The first-order valence-electron chi connectivity index (χ1n) is 9.85. The Morgan fingerprint density at radius 1 is 1.24 bits per heavy atom. The molecule has 0 aliphatic carbocycles. The molecule has 1 atom stereocenters. The van der Waals surface area contributed by atoms with Gasteiger partial charge >= 0.3 is 5.69 Å². The van der Waals surface area contributed by atoms with Crippen LogP contribution in [0.15, 0.2) is 52.8 Å². The third kappa shape index (κ3) is 4.48. The van der Waals surface area contributed by atoms with Crippen molar-refractivity contribution in [1.82, 2.24) is 19.7 Å². The first-order chi connectivity index (χ1) is 15.9. The summed E-state index contributed by atoms with van der Waals surface area (Å²) in [6.07, 6.45) is 1.89. The second-order valence-electron chi connectivity index (χ2n) is 7.14. The third-order valence-electron chi connectivity index (χ3n) is 5.15. The summed E-state index contributed by atoms with van der Waals surface area (Å²) in [6, 6.07) is 9.84. The number of halogens is 1. The highest BCUT2D eigenvalue weighted by atomic mass is 32.1. The van der Waals surface area contributed by atoms with E-state index in [2.05, 4.69) is 15.1 Å². The number of thiazole rings is 1. The number of methoxy groups -OCH3 is 2. The van der Waals surface area contributed by atoms with E-state index in [1.54, 1.807) is 41.9 Å². The molecule has 170 valence electrons. The predicted octanol–water partition coefficient (Wildman–Crippen LogP) is 2.83. The van der Waals surface area contributed by atoms with Gasteiger partial charge in [0, 0.05) is 28.8 Å². The average Bonchev–Trinajstić information content (AvgIpc) is 3.47. The molecule has 0 saturated carbocycles. The Balaban J connectivity index is 1.82. The number of H-pyrrole nitrogens is 1. The fraction of sp³-hybridized carbons (Fsp3) is 0.182. The summed E-state index contributed by atoms with van der Waals surface area (Å²) in [4.78, 5) is 19.5. The summed E-state index contributed by atoms with van der Waals surface area (Å²) in [5.41, 5.74) is 6.76. The van der Waals surface area contributed by atoms with Gasteiger partial charge in [0.1, 0.15) is 17.5 Å². The van der Waals surface area contributed by atoms with Crippen molar-refractivity contribution in [2.75, 3.05) is 14.2 Å². The van der Waals surface area contributed by atoms with Crippen molar-refractivity contribution in [1.29, 1.82) is 5.41 Å². The van der Waals surface area contributed by atoms with E-state index in [9.17, 15) is 4.79 Å². The van der Waals surface area contributed by atoms with Crippen LogP contribution in [0.5, 0.6) is 11.5 Å². The van der Waals surface area contributed by atoms with E-state index in [-0.39, 0.29) is 23.0 Å². The quantitative estimate of drug-likeness (QED) is 0.269. The van der Waals surface area contributed by atoms with Crippen LogP contribution in [0.1, 0.15) is 28.4 Å². The molecule has 0 bridgehead atoms. The Bertz CT molecular complexity index is 1330. The summed E-state index contributed by atoms with van der Waals surface area (Å²) in [5, 5.41) is 14.1. The molecule has 0 saturated heterocycles. The molecule has 2 heterocycles. The van der Waals surface area contributed by atoms with E-state index in [1.165, 1.54) is 31.6 Å². The maximum Gasteiger partial charge on any atom is 0.350 e. The first kappa shape index (κ1) is 22.2. The summed E-state index contributed by atoms with van der Waals surface area (Å²) < 4.78 is 26.9. The van der Waals surface area contributed by atoms with E-state index in [0.29, 0.717) is 22.9 Å². The van der Waals surface area contributed by atoms with Gasteiger partial charge in [0.2, 0.25) is 5.13 Å². The number of benzene rings is 2. The largest absolute Gasteiger partial charge is 0.493 e. The van der Waals surface area contributed by atoms with Gasteiger partial charge in [-0.1, -0.05) is 24.3 Å². The Morgan fingerprint density at radius 3 is 2.55 bits per heavy atom. The molecule has 11 heteroatoms. The summed E-state index contributed by atoms with van der Waals surface area (Å²) in [5.74, 6) is -0.338. The molecule has 0 aliphatic heterocycles. The molecule has 4 N–H and O–H groups in total. The molecule has 9 nitrogen and oxygen atoms in total. The van der Waals surface area contributed by atoms with Gasteiger partial charge < -0.3 is 15.2 Å². The minimum absolute atomic E-state index is 0.0458. The lowest BCUT2D eigenvalue weighted by molar-refractivity contribution is 0.351. The molecule has 2 aromatic carbocycles. The third-order valence-corrected chi connectivity index (χ3v) is 5.90. The van der Waals surface area contributed by atoms with Gasteiger partial charge in [-0.2, -0.15) is 4.68 Å². The van der Waals surface area contributed by atoms with Gasteiger partial charge in [0.05, 0.1) is 20.1 Å². The molecule has 4 rings (SSSR count). The normalized spacial score (nSPS) is 11.8. The number of nitrogen functional groups attached to an aromatic ring is 1. The molecule has 0 aliphatic rings. The maximum atomic E-state index is 15.2. The van der Waals surface area contributed by atoms with Gasteiger partial charge in [0.25, 0.3) is 0 Å². The highest BCUT2D eigenvalue weighted by molar-refractivity contribution is 7.12. The molecular weight excluding hydrogens is 447 g/mol. The summed E-state index contributed by atoms with van der Waals surface area (Å²) >= 11 is 1.26. The van der Waals surface area contributed by atoms with Crippen LogP contribution in [-0.2, 0) is 6.42 Å². The zero-order valence-electron chi connectivity index (χ0n) is 17.8. The van der Waals surface area contributed by atoms with Crippen molar-refractivity contribution in [3.05, 3.63) is 86.8 Å². The Hall–Kier alpha value is -3.99. The SMILES string of the molecule is COc1cc(F)c(C(Cc2ccc(C(=N)N)cc2)c2nn(-c3nccs3)c(=O)[nH]2)cc1OC. The fourth-order valence-corrected chi connectivity index (χ4v) is 4.08. The van der Waals surface area contributed by atoms with Crippen LogP contribution < -0.4 is 20.9 Å². The van der Waals surface area contributed by atoms with Gasteiger partial charge in [0.15, 0.2) is 11.5 Å². The van der Waals surface area contributed by atoms with E-state index < -0.39 is 17.4 Å². The highest BCUT2D eigenvalue weighted by Crippen LogP contribution is 2.36. The van der Waals surface area contributed by atoms with Crippen LogP contribution in [0.2, 0.25) is 0 Å². The number of hydrogen-bond acceptors (Lipinski definition) is 7. The predicted molar refractivity (Wildman–Crippen MR) is 122 cm³/mol. The average molecular weight is 469 g/mol. The number of aromatic nitrogens is 4. The van der Waals surface area contributed by atoms with Gasteiger partial charge in [-0.25, -0.2) is 14.2 Å². The molecule has 0 fully saturated rings. The molecule has 0 amide bonds. The minimum Gasteiger partial charge on any atom is -0.493 e. The van der Waals surface area contributed by atoms with Gasteiger partial charge in [-0.05, 0) is 18.1 Å². The number of rotatable bonds is 8. The van der Waals surface area contributed by atoms with E-state index in [1.807, 2.05) is 0 Å². The minimum atomic E-state index is -0.651. The fourth-order valence-electron chi connectivity index (χ4n) is 3.49. The zero-order valence-corrected chi connectivity index (χ0v) is 18.6. The monoisotopic (exact) mass is 468 g/mol. The van der Waals surface area contributed by atoms with E-state index >= 15 is 4.39 Å². The molecule has 2 aromatic heterocycles. The van der Waals surface area contributed by atoms with Crippen molar-refractivity contribution >= 4 is 17.2 Å². The molecule has 4 aromatic rings. The van der Waals surface area contributed by atoms with Crippen molar-refractivity contribution in [2.24, 2.45) is 5.73 Å². The van der Waals surface area contributed by atoms with Crippen LogP contribution in [0, 0.1) is 11.2 Å². The zero-order chi connectivity index (χ0) is 23.5. The Labute approximate surface area is 192 Å². The second kappa shape index (κ2) is 9.25. The van der Waals surface area contributed by atoms with Crippen LogP contribution in [0.25, 0.3) is 5.13 Å². The lowest BCUT2D eigenvalue weighted by Gasteiger charge is -2.18. The van der Waals surface area contributed by atoms with Crippen LogP contribution >= 0.6 is 11.3 Å². The number of ether oxygens (including phenoxy) is 2. The topological polar surface area (TPSA) is 132 Å². The number of nitrogens with two attached hydrogens (primary N) is 1. The Kier molecular flexibility index (Phi) is 6.22. The molecule has 33 heavy (non-hydrogen) atoms. The molecular formula is C22H21FN6O3S. The van der Waals surface area contributed by atoms with Crippen LogP contribution in [-0.4, -0.2) is 39.8 Å². The first-order valence-corrected chi connectivity index (χ1v) is 10.7. The van der Waals surface area contributed by atoms with Crippen molar-refractivity contribution < 1.29 is 13.9 Å². The van der Waals surface area contributed by atoms with Crippen LogP contribution in [0.3, 0.4) is 0 Å². The lowest BCUT2D eigenvalue weighted by Crippen LogP contribution is -2.15. The molecule has 0 radical (unpaired) electrons. The molecule has 1 unspecified atom stereocenters. The lowest BCUT2D eigenvalue weighted by atomic mass is 9.90. The van der Waals surface area contributed by atoms with Crippen molar-refractivity contribution in [3.8, 4) is 16.6 Å². The summed E-state index contributed by atoms with van der Waals surface area (Å²) in [6.45, 7) is 0. The Morgan fingerprint density at radius 2 is 1.94 bits per heavy atom. The van der Waals surface area contributed by atoms with Crippen LogP contribution in [0.4, 0.5) is 4.39 Å². The van der Waals surface area contributed by atoms with E-state index in [4.69, 9.17) is 20.6 Å². The van der Waals surface area contributed by atoms with E-state index in [0.717, 1.165) is 10.2 Å². The second-order valence-corrected chi connectivity index (χ2v) is 8.01. The smallest absolute Gasteiger partial charge is 0.350 e. The number of hydrogen-bond donors (Lipinski definition) is 3. The summed E-state index contributed by atoms with van der Waals surface area (Å²) in [7, 11) is 2.90. The van der Waals surface area contributed by atoms with Gasteiger partial charge in [-0.15, -0.1) is 16.4 Å². The number of nitrogens with zero attached hydrogens (tertiary/aromatic N) is 3. The van der Waals surface area contributed by atoms with Crippen molar-refractivity contribution in [2.45, 2.75) is 12.3 Å². The number of nitrogens with one attached hydrogen (secondary N) is 2. The molecule has 0 spiro atoms. The number of aromatic amines is 1. The maximum absolute atomic E-state index is 15.2. The van der Waals surface area contributed by atoms with Gasteiger partial charge in [-0.3, -0.25) is 10.4 Å².